The Morgan fingerprint density at radius 2 is 1.85 bits per heavy atom. The van der Waals surface area contributed by atoms with Crippen LogP contribution >= 0.6 is 11.3 Å². The lowest BCUT2D eigenvalue weighted by Crippen LogP contribution is -2.48. The molecular formula is C23H23F3N4O2S. The third-order valence-corrected chi connectivity index (χ3v) is 6.17. The van der Waals surface area contributed by atoms with Gasteiger partial charge in [-0.3, -0.25) is 9.69 Å². The summed E-state index contributed by atoms with van der Waals surface area (Å²) in [5.74, 6) is 0.591. The molecule has 1 fully saturated rings. The van der Waals surface area contributed by atoms with Gasteiger partial charge in [0, 0.05) is 42.8 Å². The summed E-state index contributed by atoms with van der Waals surface area (Å²) in [6.45, 7) is 2.46. The van der Waals surface area contributed by atoms with Gasteiger partial charge in [0.2, 0.25) is 5.91 Å². The SMILES string of the molecule is COc1ccc(-c2csc(NC(=O)CN3CCN(c4cccc(C(F)(F)F)c4)CC3)n2)cc1. The molecule has 0 atom stereocenters. The minimum absolute atomic E-state index is 0.168. The van der Waals surface area contributed by atoms with Crippen LogP contribution < -0.4 is 15.0 Å². The Morgan fingerprint density at radius 1 is 1.12 bits per heavy atom. The Balaban J connectivity index is 1.28. The molecular weight excluding hydrogens is 453 g/mol. The normalized spacial score (nSPS) is 14.8. The average molecular weight is 477 g/mol. The van der Waals surface area contributed by atoms with E-state index >= 15 is 0 Å². The number of hydrogen-bond acceptors (Lipinski definition) is 6. The van der Waals surface area contributed by atoms with Crippen molar-refractivity contribution in [2.75, 3.05) is 50.1 Å². The Morgan fingerprint density at radius 3 is 2.52 bits per heavy atom. The second kappa shape index (κ2) is 9.80. The maximum Gasteiger partial charge on any atom is 0.416 e. The summed E-state index contributed by atoms with van der Waals surface area (Å²) in [5, 5.41) is 5.23. The van der Waals surface area contributed by atoms with Crippen molar-refractivity contribution in [2.45, 2.75) is 6.18 Å². The quantitative estimate of drug-likeness (QED) is 0.564. The van der Waals surface area contributed by atoms with E-state index in [1.807, 2.05) is 39.4 Å². The summed E-state index contributed by atoms with van der Waals surface area (Å²) in [4.78, 5) is 20.8. The number of amides is 1. The van der Waals surface area contributed by atoms with Crippen LogP contribution in [0.2, 0.25) is 0 Å². The highest BCUT2D eigenvalue weighted by molar-refractivity contribution is 7.14. The lowest BCUT2D eigenvalue weighted by atomic mass is 10.1. The predicted molar refractivity (Wildman–Crippen MR) is 123 cm³/mol. The molecule has 174 valence electrons. The Bertz CT molecular complexity index is 1090. The molecule has 1 saturated heterocycles. The van der Waals surface area contributed by atoms with Gasteiger partial charge in [0.05, 0.1) is 24.9 Å². The van der Waals surface area contributed by atoms with E-state index < -0.39 is 11.7 Å². The minimum atomic E-state index is -4.36. The van der Waals surface area contributed by atoms with E-state index in [9.17, 15) is 18.0 Å². The molecule has 0 unspecified atom stereocenters. The first kappa shape index (κ1) is 23.1. The van der Waals surface area contributed by atoms with Gasteiger partial charge in [-0.05, 0) is 42.5 Å². The molecule has 10 heteroatoms. The summed E-state index contributed by atoms with van der Waals surface area (Å²) in [6, 6.07) is 12.9. The smallest absolute Gasteiger partial charge is 0.416 e. The summed E-state index contributed by atoms with van der Waals surface area (Å²) < 4.78 is 44.1. The number of nitrogens with one attached hydrogen (secondary N) is 1. The van der Waals surface area contributed by atoms with Gasteiger partial charge in [-0.25, -0.2) is 4.98 Å². The highest BCUT2D eigenvalue weighted by Crippen LogP contribution is 2.32. The van der Waals surface area contributed by atoms with Crippen LogP contribution in [0, 0.1) is 0 Å². The number of thiazole rings is 1. The maximum atomic E-state index is 13.0. The van der Waals surface area contributed by atoms with Crippen LogP contribution in [0.3, 0.4) is 0 Å². The van der Waals surface area contributed by atoms with Crippen molar-refractivity contribution < 1.29 is 22.7 Å². The van der Waals surface area contributed by atoms with Crippen molar-refractivity contribution in [3.63, 3.8) is 0 Å². The third kappa shape index (κ3) is 5.82. The van der Waals surface area contributed by atoms with Crippen LogP contribution in [-0.4, -0.2) is 55.6 Å². The van der Waals surface area contributed by atoms with Gasteiger partial charge >= 0.3 is 6.18 Å². The number of piperazine rings is 1. The van der Waals surface area contributed by atoms with E-state index in [1.54, 1.807) is 13.2 Å². The molecule has 1 N–H and O–H groups in total. The molecule has 1 aromatic heterocycles. The molecule has 0 radical (unpaired) electrons. The fraction of sp³-hybridized carbons (Fsp3) is 0.304. The Labute approximate surface area is 193 Å². The number of alkyl halides is 3. The second-order valence-corrected chi connectivity index (χ2v) is 8.48. The van der Waals surface area contributed by atoms with Crippen molar-refractivity contribution in [2.24, 2.45) is 0 Å². The molecule has 6 nitrogen and oxygen atoms in total. The number of nitrogens with zero attached hydrogens (tertiary/aromatic N) is 3. The van der Waals surface area contributed by atoms with Crippen molar-refractivity contribution in [1.82, 2.24) is 9.88 Å². The van der Waals surface area contributed by atoms with Crippen LogP contribution in [0.4, 0.5) is 24.0 Å². The highest BCUT2D eigenvalue weighted by atomic mass is 32.1. The number of carbonyl (C=O) groups is 1. The number of ether oxygens (including phenoxy) is 1. The summed E-state index contributed by atoms with van der Waals surface area (Å²) >= 11 is 1.35. The first-order valence-corrected chi connectivity index (χ1v) is 11.2. The molecule has 0 aliphatic carbocycles. The number of halogens is 3. The third-order valence-electron chi connectivity index (χ3n) is 5.41. The van der Waals surface area contributed by atoms with Crippen molar-refractivity contribution in [1.29, 1.82) is 0 Å². The van der Waals surface area contributed by atoms with Gasteiger partial charge in [0.25, 0.3) is 0 Å². The lowest BCUT2D eigenvalue weighted by molar-refractivity contribution is -0.137. The number of methoxy groups -OCH3 is 1. The average Bonchev–Trinajstić information content (AvgIpc) is 3.27. The van der Waals surface area contributed by atoms with Gasteiger partial charge < -0.3 is 15.0 Å². The number of carbonyl (C=O) groups excluding carboxylic acids is 1. The predicted octanol–water partition coefficient (Wildman–Crippen LogP) is 4.60. The summed E-state index contributed by atoms with van der Waals surface area (Å²) in [5.41, 5.74) is 1.59. The van der Waals surface area contributed by atoms with E-state index in [0.717, 1.165) is 23.1 Å². The summed E-state index contributed by atoms with van der Waals surface area (Å²) in [7, 11) is 1.61. The van der Waals surface area contributed by atoms with E-state index in [0.29, 0.717) is 37.0 Å². The first-order valence-electron chi connectivity index (χ1n) is 10.4. The monoisotopic (exact) mass is 476 g/mol. The minimum Gasteiger partial charge on any atom is -0.497 e. The van der Waals surface area contributed by atoms with Crippen molar-refractivity contribution >= 4 is 28.1 Å². The summed E-state index contributed by atoms with van der Waals surface area (Å²) in [6.07, 6.45) is -4.36. The van der Waals surface area contributed by atoms with E-state index in [-0.39, 0.29) is 12.5 Å². The molecule has 2 aromatic carbocycles. The molecule has 33 heavy (non-hydrogen) atoms. The zero-order valence-electron chi connectivity index (χ0n) is 17.9. The molecule has 2 heterocycles. The van der Waals surface area contributed by atoms with Gasteiger partial charge in [-0.2, -0.15) is 13.2 Å². The Kier molecular flexibility index (Phi) is 6.85. The molecule has 0 saturated carbocycles. The molecule has 4 rings (SSSR count). The van der Waals surface area contributed by atoms with Gasteiger partial charge in [-0.15, -0.1) is 11.3 Å². The second-order valence-electron chi connectivity index (χ2n) is 7.63. The van der Waals surface area contributed by atoms with E-state index in [2.05, 4.69) is 10.3 Å². The van der Waals surface area contributed by atoms with E-state index in [1.165, 1.54) is 23.5 Å². The standard InChI is InChI=1S/C23H23F3N4O2S/c1-32-19-7-5-16(6-8-19)20-15-33-22(27-20)28-21(31)14-29-9-11-30(12-10-29)18-4-2-3-17(13-18)23(24,25)26/h2-8,13,15H,9-12,14H2,1H3,(H,27,28,31). The van der Waals surface area contributed by atoms with Gasteiger partial charge in [0.1, 0.15) is 5.75 Å². The lowest BCUT2D eigenvalue weighted by Gasteiger charge is -2.35. The fourth-order valence-corrected chi connectivity index (χ4v) is 4.37. The maximum absolute atomic E-state index is 13.0. The van der Waals surface area contributed by atoms with Gasteiger partial charge in [0.15, 0.2) is 5.13 Å². The number of aromatic nitrogens is 1. The molecule has 1 aliphatic heterocycles. The molecule has 0 spiro atoms. The van der Waals surface area contributed by atoms with Crippen molar-refractivity contribution in [3.05, 3.63) is 59.5 Å². The number of anilines is 2. The van der Waals surface area contributed by atoms with Crippen LogP contribution in [0.1, 0.15) is 5.56 Å². The van der Waals surface area contributed by atoms with Gasteiger partial charge in [-0.1, -0.05) is 6.07 Å². The van der Waals surface area contributed by atoms with Crippen LogP contribution in [0.25, 0.3) is 11.3 Å². The molecule has 3 aromatic rings. The first-order chi connectivity index (χ1) is 15.8. The number of hydrogen-bond donors (Lipinski definition) is 1. The van der Waals surface area contributed by atoms with Crippen LogP contribution in [-0.2, 0) is 11.0 Å². The fourth-order valence-electron chi connectivity index (χ4n) is 3.63. The zero-order valence-corrected chi connectivity index (χ0v) is 18.7. The highest BCUT2D eigenvalue weighted by Gasteiger charge is 2.31. The van der Waals surface area contributed by atoms with Crippen LogP contribution in [0.5, 0.6) is 5.75 Å². The molecule has 0 bridgehead atoms. The number of rotatable bonds is 6. The van der Waals surface area contributed by atoms with Crippen molar-refractivity contribution in [3.8, 4) is 17.0 Å². The largest absolute Gasteiger partial charge is 0.497 e. The van der Waals surface area contributed by atoms with Crippen LogP contribution in [0.15, 0.2) is 53.9 Å². The zero-order chi connectivity index (χ0) is 23.4. The molecule has 1 aliphatic rings. The topological polar surface area (TPSA) is 57.7 Å². The van der Waals surface area contributed by atoms with E-state index in [4.69, 9.17) is 4.74 Å². The number of benzene rings is 2. The Hall–Kier alpha value is -3.11. The molecule has 1 amide bonds.